The minimum atomic E-state index is 0.393. The van der Waals surface area contributed by atoms with Crippen molar-refractivity contribution in [3.05, 3.63) is 83.4 Å². The van der Waals surface area contributed by atoms with Crippen LogP contribution in [-0.4, -0.2) is 0 Å². The zero-order chi connectivity index (χ0) is 13.2. The zero-order valence-electron chi connectivity index (χ0n) is 11.6. The lowest BCUT2D eigenvalue weighted by atomic mass is 9.90. The highest BCUT2D eigenvalue weighted by molar-refractivity contribution is 5.41. The van der Waals surface area contributed by atoms with Gasteiger partial charge in [-0.15, -0.1) is 0 Å². The highest BCUT2D eigenvalue weighted by Gasteiger charge is 2.36. The molecule has 0 amide bonds. The Morgan fingerprint density at radius 3 is 1.53 bits per heavy atom. The van der Waals surface area contributed by atoms with Gasteiger partial charge in [-0.3, -0.25) is 0 Å². The fraction of sp³-hybridized carbons (Fsp3) is 0.263. The average molecular weight is 248 g/mol. The molecule has 0 unspecified atom stereocenters. The lowest BCUT2D eigenvalue weighted by Crippen LogP contribution is -1.97. The molecule has 0 spiro atoms. The topological polar surface area (TPSA) is 0 Å². The summed E-state index contributed by atoms with van der Waals surface area (Å²) in [5.41, 5.74) is 4.37. The molecule has 1 aliphatic rings. The molecular formula is C19H20. The van der Waals surface area contributed by atoms with E-state index in [0.29, 0.717) is 5.92 Å². The number of hydrogen-bond donors (Lipinski definition) is 0. The molecule has 3 rings (SSSR count). The first kappa shape index (κ1) is 12.2. The van der Waals surface area contributed by atoms with E-state index in [4.69, 9.17) is 0 Å². The molecule has 1 aliphatic carbocycles. The van der Waals surface area contributed by atoms with Crippen molar-refractivity contribution in [3.63, 3.8) is 0 Å². The van der Waals surface area contributed by atoms with E-state index in [1.807, 2.05) is 0 Å². The quantitative estimate of drug-likeness (QED) is 0.668. The molecule has 0 bridgehead atoms. The average Bonchev–Trinajstić information content (AvgIpc) is 3.04. The molecule has 0 saturated heterocycles. The summed E-state index contributed by atoms with van der Waals surface area (Å²) >= 11 is 0. The smallest absolute Gasteiger partial charge is 0.0272 e. The summed E-state index contributed by atoms with van der Waals surface area (Å²) < 4.78 is 0. The van der Waals surface area contributed by atoms with Gasteiger partial charge in [-0.2, -0.15) is 0 Å². The standard InChI is InChI=1S/C19H20/c1-14-15(2)18(14)13-19(16-9-5-3-6-10-16)17-11-7-4-8-12-17/h3-15,19H,1-2H3/t14-,15+. The third kappa shape index (κ3) is 2.49. The van der Waals surface area contributed by atoms with Crippen LogP contribution in [0.4, 0.5) is 0 Å². The molecule has 0 aliphatic heterocycles. The van der Waals surface area contributed by atoms with Gasteiger partial charge in [-0.1, -0.05) is 86.2 Å². The lowest BCUT2D eigenvalue weighted by molar-refractivity contribution is 0.834. The Bertz CT molecular complexity index is 516. The van der Waals surface area contributed by atoms with Gasteiger partial charge in [-0.25, -0.2) is 0 Å². The molecule has 2 atom stereocenters. The molecule has 1 fully saturated rings. The van der Waals surface area contributed by atoms with Crippen LogP contribution in [0.2, 0.25) is 0 Å². The molecule has 0 radical (unpaired) electrons. The first-order valence-corrected chi connectivity index (χ1v) is 7.09. The second-order valence-corrected chi connectivity index (χ2v) is 5.54. The zero-order valence-corrected chi connectivity index (χ0v) is 11.6. The SMILES string of the molecule is C[C@@H]1C(=CC(c2ccccc2)c2ccccc2)[C@@H]1C. The summed E-state index contributed by atoms with van der Waals surface area (Å²) in [5.74, 6) is 1.91. The van der Waals surface area contributed by atoms with Gasteiger partial charge >= 0.3 is 0 Å². The van der Waals surface area contributed by atoms with Crippen molar-refractivity contribution in [3.8, 4) is 0 Å². The number of allylic oxidation sites excluding steroid dienone is 2. The molecule has 0 heterocycles. The van der Waals surface area contributed by atoms with Gasteiger partial charge in [0, 0.05) is 5.92 Å². The van der Waals surface area contributed by atoms with E-state index < -0.39 is 0 Å². The van der Waals surface area contributed by atoms with E-state index in [0.717, 1.165) is 11.8 Å². The maximum absolute atomic E-state index is 2.47. The second-order valence-electron chi connectivity index (χ2n) is 5.54. The Morgan fingerprint density at radius 2 is 1.16 bits per heavy atom. The van der Waals surface area contributed by atoms with Crippen LogP contribution in [0, 0.1) is 11.8 Å². The summed E-state index contributed by atoms with van der Waals surface area (Å²) in [5, 5.41) is 0. The Balaban J connectivity index is 2.00. The van der Waals surface area contributed by atoms with Gasteiger partial charge in [-0.05, 0) is 23.0 Å². The molecule has 96 valence electrons. The molecule has 2 aromatic rings. The molecule has 19 heavy (non-hydrogen) atoms. The first-order chi connectivity index (χ1) is 9.27. The monoisotopic (exact) mass is 248 g/mol. The summed E-state index contributed by atoms with van der Waals surface area (Å²) in [4.78, 5) is 0. The molecule has 0 N–H and O–H groups in total. The van der Waals surface area contributed by atoms with Gasteiger partial charge in [0.05, 0.1) is 0 Å². The van der Waals surface area contributed by atoms with Crippen LogP contribution in [0.3, 0.4) is 0 Å². The number of hydrogen-bond acceptors (Lipinski definition) is 0. The van der Waals surface area contributed by atoms with E-state index >= 15 is 0 Å². The van der Waals surface area contributed by atoms with Crippen LogP contribution in [0.5, 0.6) is 0 Å². The summed E-state index contributed by atoms with van der Waals surface area (Å²) in [6.45, 7) is 4.65. The van der Waals surface area contributed by atoms with Gasteiger partial charge in [0.1, 0.15) is 0 Å². The summed E-state index contributed by atoms with van der Waals surface area (Å²) in [6, 6.07) is 21.6. The Kier molecular flexibility index (Phi) is 3.25. The summed E-state index contributed by atoms with van der Waals surface area (Å²) in [6.07, 6.45) is 2.47. The van der Waals surface area contributed by atoms with E-state index in [1.165, 1.54) is 11.1 Å². The predicted octanol–water partition coefficient (Wildman–Crippen LogP) is 5.03. The van der Waals surface area contributed by atoms with E-state index in [-0.39, 0.29) is 0 Å². The molecule has 0 heteroatoms. The molecule has 0 aromatic heterocycles. The van der Waals surface area contributed by atoms with E-state index in [1.54, 1.807) is 5.57 Å². The minimum absolute atomic E-state index is 0.393. The molecule has 1 saturated carbocycles. The van der Waals surface area contributed by atoms with Crippen LogP contribution < -0.4 is 0 Å². The van der Waals surface area contributed by atoms with Crippen molar-refractivity contribution in [2.75, 3.05) is 0 Å². The highest BCUT2D eigenvalue weighted by atomic mass is 14.4. The normalized spacial score (nSPS) is 23.8. The van der Waals surface area contributed by atoms with Gasteiger partial charge in [0.25, 0.3) is 0 Å². The van der Waals surface area contributed by atoms with Crippen LogP contribution in [0.15, 0.2) is 72.3 Å². The van der Waals surface area contributed by atoms with Crippen LogP contribution >= 0.6 is 0 Å². The van der Waals surface area contributed by atoms with Crippen LogP contribution in [0.25, 0.3) is 0 Å². The maximum atomic E-state index is 2.47. The minimum Gasteiger partial charge on any atom is -0.0729 e. The van der Waals surface area contributed by atoms with Crippen LogP contribution in [0.1, 0.15) is 30.9 Å². The fourth-order valence-corrected chi connectivity index (χ4v) is 2.80. The van der Waals surface area contributed by atoms with Crippen molar-refractivity contribution in [1.29, 1.82) is 0 Å². The fourth-order valence-electron chi connectivity index (χ4n) is 2.80. The van der Waals surface area contributed by atoms with E-state index in [2.05, 4.69) is 80.6 Å². The van der Waals surface area contributed by atoms with Gasteiger partial charge in [0.2, 0.25) is 0 Å². The van der Waals surface area contributed by atoms with E-state index in [9.17, 15) is 0 Å². The van der Waals surface area contributed by atoms with Crippen molar-refractivity contribution in [2.24, 2.45) is 11.8 Å². The molecule has 2 aromatic carbocycles. The molecule has 0 nitrogen and oxygen atoms in total. The Labute approximate surface area is 115 Å². The van der Waals surface area contributed by atoms with Crippen LogP contribution in [-0.2, 0) is 0 Å². The highest BCUT2D eigenvalue weighted by Crippen LogP contribution is 2.47. The third-order valence-corrected chi connectivity index (χ3v) is 4.37. The largest absolute Gasteiger partial charge is 0.0729 e. The van der Waals surface area contributed by atoms with Crippen molar-refractivity contribution >= 4 is 0 Å². The first-order valence-electron chi connectivity index (χ1n) is 7.09. The van der Waals surface area contributed by atoms with Gasteiger partial charge in [0.15, 0.2) is 0 Å². The van der Waals surface area contributed by atoms with Crippen molar-refractivity contribution in [2.45, 2.75) is 19.8 Å². The Hall–Kier alpha value is -1.82. The number of rotatable bonds is 3. The van der Waals surface area contributed by atoms with Gasteiger partial charge < -0.3 is 0 Å². The lowest BCUT2D eigenvalue weighted by Gasteiger charge is -2.14. The maximum Gasteiger partial charge on any atom is 0.0272 e. The predicted molar refractivity (Wildman–Crippen MR) is 81.1 cm³/mol. The third-order valence-electron chi connectivity index (χ3n) is 4.37. The van der Waals surface area contributed by atoms with Crippen molar-refractivity contribution in [1.82, 2.24) is 0 Å². The Morgan fingerprint density at radius 1 is 0.737 bits per heavy atom. The summed E-state index contributed by atoms with van der Waals surface area (Å²) in [7, 11) is 0. The second kappa shape index (κ2) is 5.05. The molecular weight excluding hydrogens is 228 g/mol. The number of benzene rings is 2. The van der Waals surface area contributed by atoms with Crippen molar-refractivity contribution < 1.29 is 0 Å².